The number of carboxylic acids is 1. The lowest BCUT2D eigenvalue weighted by Crippen LogP contribution is -2.56. The second-order valence-corrected chi connectivity index (χ2v) is 4.65. The molecule has 1 unspecified atom stereocenters. The van der Waals surface area contributed by atoms with Crippen LogP contribution in [-0.2, 0) is 4.79 Å². The lowest BCUT2D eigenvalue weighted by atomic mass is 10.0. The van der Waals surface area contributed by atoms with Gasteiger partial charge in [0.1, 0.15) is 30.6 Å². The first-order chi connectivity index (χ1) is 9.22. The number of carboxylic acid groups (broad SMARTS) is 1. The van der Waals surface area contributed by atoms with Crippen LogP contribution in [-0.4, -0.2) is 79.8 Å². The van der Waals surface area contributed by atoms with Crippen molar-refractivity contribution < 1.29 is 35.4 Å². The van der Waals surface area contributed by atoms with Gasteiger partial charge in [0.2, 0.25) is 0 Å². The molecule has 0 radical (unpaired) electrons. The smallest absolute Gasteiger partial charge is 0.320 e. The average molecular weight is 296 g/mol. The number of aliphatic hydroxyl groups excluding tert-OH is 5. The number of hydrogen-bond donors (Lipinski definition) is 8. The van der Waals surface area contributed by atoms with Crippen molar-refractivity contribution in [2.75, 3.05) is 6.54 Å². The Morgan fingerprint density at radius 1 is 1.10 bits per heavy atom. The molecule has 0 bridgehead atoms. The molecule has 0 saturated heterocycles. The fourth-order valence-electron chi connectivity index (χ4n) is 1.58. The molecule has 0 aliphatic rings. The molecule has 0 saturated carbocycles. The Morgan fingerprint density at radius 3 is 2.05 bits per heavy atom. The van der Waals surface area contributed by atoms with Gasteiger partial charge >= 0.3 is 5.97 Å². The van der Waals surface area contributed by atoms with Gasteiger partial charge in [0, 0.05) is 0 Å². The Labute approximate surface area is 116 Å². The van der Waals surface area contributed by atoms with E-state index in [1.54, 1.807) is 0 Å². The Morgan fingerprint density at radius 2 is 1.65 bits per heavy atom. The number of aliphatic carboxylic acids is 1. The molecule has 20 heavy (non-hydrogen) atoms. The van der Waals surface area contributed by atoms with Crippen LogP contribution in [0.3, 0.4) is 0 Å². The third-order valence-corrected chi connectivity index (χ3v) is 2.88. The molecule has 9 heteroatoms. The van der Waals surface area contributed by atoms with E-state index in [1.165, 1.54) is 6.92 Å². The Hall–Kier alpha value is -0.810. The summed E-state index contributed by atoms with van der Waals surface area (Å²) in [6.45, 7) is 1.47. The summed E-state index contributed by atoms with van der Waals surface area (Å²) < 4.78 is 0. The van der Waals surface area contributed by atoms with Gasteiger partial charge in [0.25, 0.3) is 0 Å². The topological polar surface area (TPSA) is 176 Å². The van der Waals surface area contributed by atoms with E-state index < -0.39 is 42.7 Å². The van der Waals surface area contributed by atoms with Crippen LogP contribution in [0.25, 0.3) is 0 Å². The van der Waals surface area contributed by atoms with E-state index in [0.29, 0.717) is 6.42 Å². The quantitative estimate of drug-likeness (QED) is 0.190. The molecule has 9 N–H and O–H groups in total. The number of rotatable bonds is 10. The molecule has 0 amide bonds. The predicted molar refractivity (Wildman–Crippen MR) is 68.6 cm³/mol. The van der Waals surface area contributed by atoms with Crippen molar-refractivity contribution in [1.29, 1.82) is 0 Å². The van der Waals surface area contributed by atoms with Crippen molar-refractivity contribution >= 4 is 5.97 Å². The van der Waals surface area contributed by atoms with Crippen molar-refractivity contribution in [2.24, 2.45) is 5.73 Å². The zero-order chi connectivity index (χ0) is 15.9. The van der Waals surface area contributed by atoms with Crippen LogP contribution in [0.5, 0.6) is 0 Å². The van der Waals surface area contributed by atoms with E-state index >= 15 is 0 Å². The normalized spacial score (nSPS) is 20.8. The molecule has 9 nitrogen and oxygen atoms in total. The van der Waals surface area contributed by atoms with E-state index in [9.17, 15) is 25.2 Å². The highest BCUT2D eigenvalue weighted by Gasteiger charge is 2.34. The highest BCUT2D eigenvalue weighted by Crippen LogP contribution is 2.08. The largest absolute Gasteiger partial charge is 0.480 e. The van der Waals surface area contributed by atoms with E-state index in [4.69, 9.17) is 15.9 Å². The van der Waals surface area contributed by atoms with Gasteiger partial charge in [0.05, 0.1) is 6.10 Å². The summed E-state index contributed by atoms with van der Waals surface area (Å²) in [7, 11) is 0. The maximum atomic E-state index is 10.9. The van der Waals surface area contributed by atoms with Crippen LogP contribution in [0.2, 0.25) is 0 Å². The molecule has 0 aliphatic heterocycles. The van der Waals surface area contributed by atoms with Gasteiger partial charge in [-0.3, -0.25) is 10.1 Å². The number of nitrogens with two attached hydrogens (primary N) is 1. The summed E-state index contributed by atoms with van der Waals surface area (Å²) in [6, 6.07) is -1.15. The predicted octanol–water partition coefficient (Wildman–Crippen LogP) is -3.45. The molecule has 0 aromatic heterocycles. The van der Waals surface area contributed by atoms with Crippen LogP contribution in [0.1, 0.15) is 19.8 Å². The van der Waals surface area contributed by atoms with Crippen molar-refractivity contribution in [2.45, 2.75) is 56.5 Å². The molecule has 0 aromatic carbocycles. The summed E-state index contributed by atoms with van der Waals surface area (Å²) in [5, 5.41) is 58.4. The second-order valence-electron chi connectivity index (χ2n) is 4.65. The minimum atomic E-state index is -1.86. The molecule has 0 aromatic rings. The minimum absolute atomic E-state index is 0.130. The van der Waals surface area contributed by atoms with Crippen LogP contribution in [0, 0.1) is 0 Å². The Bertz CT molecular complexity index is 290. The summed E-state index contributed by atoms with van der Waals surface area (Å²) >= 11 is 0. The summed E-state index contributed by atoms with van der Waals surface area (Å²) in [5.74, 6) is -1.24. The lowest BCUT2D eigenvalue weighted by molar-refractivity contribution is -0.149. The van der Waals surface area contributed by atoms with E-state index in [1.807, 2.05) is 0 Å². The van der Waals surface area contributed by atoms with Gasteiger partial charge in [-0.05, 0) is 26.3 Å². The number of hydrogen-bond acceptors (Lipinski definition) is 8. The molecule has 0 rings (SSSR count). The van der Waals surface area contributed by atoms with Gasteiger partial charge < -0.3 is 36.4 Å². The fourth-order valence-corrected chi connectivity index (χ4v) is 1.58. The maximum Gasteiger partial charge on any atom is 0.320 e. The molecule has 0 spiro atoms. The van der Waals surface area contributed by atoms with E-state index in [0.717, 1.165) is 0 Å². The lowest BCUT2D eigenvalue weighted by Gasteiger charge is -2.29. The second kappa shape index (κ2) is 9.19. The van der Waals surface area contributed by atoms with Crippen LogP contribution in [0.4, 0.5) is 0 Å². The minimum Gasteiger partial charge on any atom is -0.480 e. The molecule has 120 valence electrons. The number of carbonyl (C=O) groups is 1. The van der Waals surface area contributed by atoms with Gasteiger partial charge in [0.15, 0.2) is 0 Å². The zero-order valence-electron chi connectivity index (χ0n) is 11.3. The highest BCUT2D eigenvalue weighted by molar-refractivity contribution is 5.73. The van der Waals surface area contributed by atoms with Crippen molar-refractivity contribution in [3.8, 4) is 0 Å². The van der Waals surface area contributed by atoms with Crippen LogP contribution >= 0.6 is 0 Å². The number of aliphatic hydroxyl groups is 5. The first kappa shape index (κ1) is 19.2. The van der Waals surface area contributed by atoms with E-state index in [2.05, 4.69) is 5.32 Å². The van der Waals surface area contributed by atoms with E-state index in [-0.39, 0.29) is 13.0 Å². The van der Waals surface area contributed by atoms with Crippen molar-refractivity contribution in [3.05, 3.63) is 0 Å². The number of nitrogens with one attached hydrogen (secondary N) is 1. The summed E-state index contributed by atoms with van der Waals surface area (Å²) in [4.78, 5) is 10.9. The molecule has 0 fully saturated rings. The molecule has 0 heterocycles. The van der Waals surface area contributed by atoms with Gasteiger partial charge in [-0.25, -0.2) is 0 Å². The Balaban J connectivity index is 4.54. The highest BCUT2D eigenvalue weighted by atomic mass is 16.4. The van der Waals surface area contributed by atoms with Crippen molar-refractivity contribution in [1.82, 2.24) is 5.32 Å². The fraction of sp³-hybridized carbons (Fsp3) is 0.909. The Kier molecular flexibility index (Phi) is 8.81. The summed E-state index contributed by atoms with van der Waals surface area (Å²) in [6.07, 6.45) is -7.94. The monoisotopic (exact) mass is 296 g/mol. The zero-order valence-corrected chi connectivity index (χ0v) is 11.3. The standard InChI is InChI=1S/C11H24N2O7/c1-5(14)7(15)8(16)9(17)10(18)13-6(11(19)20)3-2-4-12/h5-10,13-18H,2-4,12H2,1H3,(H,19,20)/t5-,6-,7+,8-,9-,10?/m0/s1. The molecular formula is C11H24N2O7. The summed E-state index contributed by atoms with van der Waals surface area (Å²) in [5.41, 5.74) is 5.26. The van der Waals surface area contributed by atoms with Gasteiger partial charge in [-0.15, -0.1) is 0 Å². The van der Waals surface area contributed by atoms with Gasteiger partial charge in [-0.2, -0.15) is 0 Å². The third-order valence-electron chi connectivity index (χ3n) is 2.88. The molecular weight excluding hydrogens is 272 g/mol. The molecule has 6 atom stereocenters. The first-order valence-corrected chi connectivity index (χ1v) is 6.31. The maximum absolute atomic E-state index is 10.9. The van der Waals surface area contributed by atoms with Crippen LogP contribution < -0.4 is 11.1 Å². The van der Waals surface area contributed by atoms with Crippen LogP contribution in [0.15, 0.2) is 0 Å². The third kappa shape index (κ3) is 6.09. The first-order valence-electron chi connectivity index (χ1n) is 6.31. The SMILES string of the molecule is C[C@H](O)[C@@H](O)[C@H](O)[C@H](O)C(O)N[C@@H](CCCN)C(=O)O. The molecule has 0 aliphatic carbocycles. The average Bonchev–Trinajstić information content (AvgIpc) is 2.39. The van der Waals surface area contributed by atoms with Gasteiger partial charge in [-0.1, -0.05) is 0 Å². The van der Waals surface area contributed by atoms with Crippen molar-refractivity contribution in [3.63, 3.8) is 0 Å².